The fourth-order valence-corrected chi connectivity index (χ4v) is 12.6. The van der Waals surface area contributed by atoms with Crippen LogP contribution in [0.15, 0.2) is 35.0 Å². The molecule has 4 amide bonds. The Balaban J connectivity index is 1.28. The number of amides is 4. The average Bonchev–Trinajstić information content (AvgIpc) is 4.05. The van der Waals surface area contributed by atoms with Gasteiger partial charge in [0, 0.05) is 23.9 Å². The van der Waals surface area contributed by atoms with E-state index in [4.69, 9.17) is 9.97 Å². The van der Waals surface area contributed by atoms with Gasteiger partial charge in [0.25, 0.3) is 23.6 Å². The number of carbonyl (C=O) groups is 4. The van der Waals surface area contributed by atoms with Gasteiger partial charge in [-0.3, -0.25) is 29.0 Å². The average molecular weight is 853 g/mol. The van der Waals surface area contributed by atoms with Crippen LogP contribution in [0.4, 0.5) is 0 Å². The Labute approximate surface area is 356 Å². The lowest BCUT2D eigenvalue weighted by atomic mass is 9.84. The number of unbranched alkanes of at least 4 members (excludes halogenated alkanes) is 10. The van der Waals surface area contributed by atoms with Crippen LogP contribution in [0.2, 0.25) is 0 Å². The highest BCUT2D eigenvalue weighted by molar-refractivity contribution is 7.26. The summed E-state index contributed by atoms with van der Waals surface area (Å²) in [6, 6.07) is 7.91. The van der Waals surface area contributed by atoms with E-state index < -0.39 is 11.8 Å². The quantitative estimate of drug-likeness (QED) is 0.0560. The fourth-order valence-electron chi connectivity index (χ4n) is 8.78. The number of hydrogen-bond donors (Lipinski definition) is 0. The van der Waals surface area contributed by atoms with Gasteiger partial charge in [0.15, 0.2) is 0 Å². The van der Waals surface area contributed by atoms with Gasteiger partial charge in [-0.2, -0.15) is 0 Å². The minimum atomic E-state index is -0.416. The fraction of sp³-hybridized carbons (Fsp3) is 0.478. The molecule has 8 nitrogen and oxygen atoms in total. The molecule has 2 unspecified atom stereocenters. The van der Waals surface area contributed by atoms with Crippen molar-refractivity contribution in [1.29, 1.82) is 0 Å². The van der Waals surface area contributed by atoms with Crippen molar-refractivity contribution in [3.63, 3.8) is 0 Å². The van der Waals surface area contributed by atoms with Crippen LogP contribution in [0.25, 0.3) is 51.0 Å². The first kappa shape index (κ1) is 40.9. The van der Waals surface area contributed by atoms with E-state index >= 15 is 9.59 Å². The van der Waals surface area contributed by atoms with Gasteiger partial charge >= 0.3 is 0 Å². The highest BCUT2D eigenvalue weighted by Gasteiger charge is 2.46. The molecule has 6 heterocycles. The summed E-state index contributed by atoms with van der Waals surface area (Å²) in [4.78, 5) is 75.0. The molecular formula is C46H52N4O4S4. The van der Waals surface area contributed by atoms with Crippen molar-refractivity contribution in [1.82, 2.24) is 19.8 Å². The lowest BCUT2D eigenvalue weighted by molar-refractivity contribution is 0.0568. The second-order valence-electron chi connectivity index (χ2n) is 16.4. The highest BCUT2D eigenvalue weighted by Crippen LogP contribution is 2.51. The molecule has 4 aromatic heterocycles. The molecule has 2 aliphatic rings. The van der Waals surface area contributed by atoms with Crippen molar-refractivity contribution in [3.8, 4) is 19.8 Å². The second-order valence-corrected chi connectivity index (χ2v) is 20.3. The molecule has 0 fully saturated rings. The first-order valence-electron chi connectivity index (χ1n) is 21.3. The predicted octanol–water partition coefficient (Wildman–Crippen LogP) is 13.5. The van der Waals surface area contributed by atoms with Crippen molar-refractivity contribution in [2.24, 2.45) is 11.8 Å². The number of fused-ring (bicyclic) bond motifs is 6. The Morgan fingerprint density at radius 1 is 0.534 bits per heavy atom. The van der Waals surface area contributed by atoms with Crippen LogP contribution in [0.3, 0.4) is 0 Å². The molecule has 0 aliphatic carbocycles. The number of carbonyl (C=O) groups excluding carboxylic acids is 4. The van der Waals surface area contributed by atoms with E-state index in [0.29, 0.717) is 63.5 Å². The molecule has 2 aliphatic heterocycles. The van der Waals surface area contributed by atoms with E-state index in [9.17, 15) is 9.59 Å². The number of hydrogen-bond acceptors (Lipinski definition) is 10. The Morgan fingerprint density at radius 3 is 1.31 bits per heavy atom. The van der Waals surface area contributed by atoms with Crippen molar-refractivity contribution in [3.05, 3.63) is 57.3 Å². The Bertz CT molecular complexity index is 2200. The van der Waals surface area contributed by atoms with E-state index in [2.05, 4.69) is 27.7 Å². The molecule has 2 atom stereocenters. The zero-order valence-corrected chi connectivity index (χ0v) is 37.3. The lowest BCUT2D eigenvalue weighted by Gasteiger charge is -2.34. The summed E-state index contributed by atoms with van der Waals surface area (Å²) in [7, 11) is 0. The molecule has 0 bridgehead atoms. The third-order valence-corrected chi connectivity index (χ3v) is 16.0. The van der Waals surface area contributed by atoms with E-state index in [-0.39, 0.29) is 36.7 Å². The van der Waals surface area contributed by atoms with Crippen molar-refractivity contribution in [2.75, 3.05) is 13.1 Å². The zero-order valence-electron chi connectivity index (χ0n) is 34.0. The molecule has 58 heavy (non-hydrogen) atoms. The lowest BCUT2D eigenvalue weighted by Crippen LogP contribution is -2.45. The minimum absolute atomic E-state index is 0.0869. The summed E-state index contributed by atoms with van der Waals surface area (Å²) in [5.74, 6) is -1.41. The third-order valence-electron chi connectivity index (χ3n) is 11.8. The number of thiophene rings is 2. The number of aromatic nitrogens is 2. The standard InChI is InChI=1S/C46H52N4O4S4/c1-5-7-9-11-13-15-19-27(3)25-49-43(51)33-31-32-35(39-37(33)47-41(57-39)29-21-17-23-55-29)45(53)50(26-28(4)20-16-14-12-10-8-6-2)46(54)36(32)40-38(34(31)44(49)52)48-42(58-40)30-22-18-24-56-30/h17-18,21-24,27-28H,5-16,19-20,25-26H2,1-4H3. The Hall–Kier alpha value is -3.84. The van der Waals surface area contributed by atoms with E-state index in [1.807, 2.05) is 35.0 Å². The van der Waals surface area contributed by atoms with Gasteiger partial charge in [0.1, 0.15) is 10.0 Å². The predicted molar refractivity (Wildman–Crippen MR) is 242 cm³/mol. The highest BCUT2D eigenvalue weighted by atomic mass is 32.1. The molecule has 0 saturated carbocycles. The van der Waals surface area contributed by atoms with Crippen LogP contribution >= 0.6 is 45.3 Å². The monoisotopic (exact) mass is 852 g/mol. The van der Waals surface area contributed by atoms with Crippen molar-refractivity contribution >= 4 is 100 Å². The van der Waals surface area contributed by atoms with Gasteiger partial charge < -0.3 is 0 Å². The largest absolute Gasteiger partial charge is 0.274 e. The van der Waals surface area contributed by atoms with Crippen molar-refractivity contribution < 1.29 is 19.2 Å². The maximum atomic E-state index is 15.0. The van der Waals surface area contributed by atoms with Gasteiger partial charge in [-0.1, -0.05) is 117 Å². The summed E-state index contributed by atoms with van der Waals surface area (Å²) >= 11 is 5.88. The summed E-state index contributed by atoms with van der Waals surface area (Å²) in [6.07, 6.45) is 15.9. The number of rotatable bonds is 20. The SMILES string of the molecule is CCCCCCCCC(C)CN1C(=O)c2c3nc(-c4cccs4)sc3c3c4c(c5sc(-c6cccs6)nc5c(c24)C1=O)C(=O)N(CC(C)CCCCCCCC)C3=O. The van der Waals surface area contributed by atoms with Crippen molar-refractivity contribution in [2.45, 2.75) is 118 Å². The Morgan fingerprint density at radius 2 is 0.914 bits per heavy atom. The summed E-state index contributed by atoms with van der Waals surface area (Å²) in [6.45, 7) is 9.23. The van der Waals surface area contributed by atoms with Crippen LogP contribution in [-0.2, 0) is 0 Å². The van der Waals surface area contributed by atoms with Gasteiger partial charge in [-0.05, 0) is 47.6 Å². The molecule has 0 N–H and O–H groups in total. The number of imide groups is 2. The molecule has 0 radical (unpaired) electrons. The van der Waals surface area contributed by atoms with Crippen LogP contribution in [0.1, 0.15) is 159 Å². The first-order valence-corrected chi connectivity index (χ1v) is 24.7. The maximum absolute atomic E-state index is 15.0. The second kappa shape index (κ2) is 17.8. The van der Waals surface area contributed by atoms with Gasteiger partial charge in [0.2, 0.25) is 0 Å². The minimum Gasteiger partial charge on any atom is -0.274 e. The third kappa shape index (κ3) is 7.58. The molecule has 12 heteroatoms. The molecule has 304 valence electrons. The molecule has 0 saturated heterocycles. The molecule has 6 aromatic rings. The van der Waals surface area contributed by atoms with E-state index in [1.54, 1.807) is 22.7 Å². The van der Waals surface area contributed by atoms with E-state index in [0.717, 1.165) is 48.3 Å². The van der Waals surface area contributed by atoms with Crippen LogP contribution in [-0.4, -0.2) is 56.5 Å². The van der Waals surface area contributed by atoms with Crippen LogP contribution < -0.4 is 0 Å². The van der Waals surface area contributed by atoms with Gasteiger partial charge in [-0.15, -0.1) is 45.3 Å². The molecule has 2 aromatic carbocycles. The number of nitrogens with zero attached hydrogens (tertiary/aromatic N) is 4. The first-order chi connectivity index (χ1) is 28.2. The topological polar surface area (TPSA) is 101 Å². The maximum Gasteiger partial charge on any atom is 0.263 e. The van der Waals surface area contributed by atoms with Crippen LogP contribution in [0.5, 0.6) is 0 Å². The van der Waals surface area contributed by atoms with Crippen LogP contribution in [0, 0.1) is 11.8 Å². The molecule has 8 rings (SSSR count). The number of benzene rings is 2. The Kier molecular flexibility index (Phi) is 12.6. The van der Waals surface area contributed by atoms with E-state index in [1.165, 1.54) is 83.8 Å². The summed E-state index contributed by atoms with van der Waals surface area (Å²) < 4.78 is 1.18. The zero-order chi connectivity index (χ0) is 40.5. The number of thiazole rings is 2. The van der Waals surface area contributed by atoms with Gasteiger partial charge in [-0.25, -0.2) is 9.97 Å². The smallest absolute Gasteiger partial charge is 0.263 e. The van der Waals surface area contributed by atoms with Gasteiger partial charge in [0.05, 0.1) is 52.4 Å². The normalized spacial score (nSPS) is 15.2. The molecule has 0 spiro atoms. The molecular weight excluding hydrogens is 801 g/mol. The summed E-state index contributed by atoms with van der Waals surface area (Å²) in [5, 5.41) is 6.14. The summed E-state index contributed by atoms with van der Waals surface area (Å²) in [5.41, 5.74) is 2.18.